The lowest BCUT2D eigenvalue weighted by Crippen LogP contribution is -1.91. The van der Waals surface area contributed by atoms with E-state index >= 15 is 0 Å². The minimum Gasteiger partial charge on any atom is -0.254 e. The van der Waals surface area contributed by atoms with Gasteiger partial charge >= 0.3 is 0 Å². The minimum atomic E-state index is -1.00. The first-order chi connectivity index (χ1) is 43.7. The SMILES string of the molecule is [2H]c1nc2c(c([2H])c1[2H])c([2H])c([2H])c1c([2H])c([2H])c(-c3ccc(-c4c([2H])c([2H])c(-c5sc(-c6c([2H])c([2H])c7c([2H])c([2H])c8c([2H])c([2H])c([2H])c9c([2H])c([2H])c6c7c89)c(-c6c([2H])c([2H])c([2H])c([2H])c6[2H])c5-c5c([2H])c([2H])c([2H])c([2H])c5[2H])c([2H])c4[2H])c4ccccc34)nc12. The molecule has 2 nitrogen and oxygen atoms in total. The zero-order valence-electron chi connectivity index (χ0n) is 61.8. The van der Waals surface area contributed by atoms with Gasteiger partial charge in [0.25, 0.3) is 0 Å². The monoisotopic (exact) mass is 846 g/mol. The Morgan fingerprint density at radius 3 is 1.68 bits per heavy atom. The van der Waals surface area contributed by atoms with Gasteiger partial charge in [-0.1, -0.05) is 200 Å². The predicted octanol–water partition coefficient (Wildman–Crippen LogP) is 16.9. The van der Waals surface area contributed by atoms with Crippen LogP contribution in [0.5, 0.6) is 0 Å². The van der Waals surface area contributed by atoms with Gasteiger partial charge in [0.1, 0.15) is 0 Å². The standard InChI is InChI=1S/C60H36N2S/c1-3-11-38(12-4-1)55-56(39-13-5-2-6-14-39)60(51-32-29-42-23-22-40-15-9-16-41-28-31-50(51)54(42)53(40)41)63-59(55)45-26-20-37(21-27-45)46-33-34-49(48-19-8-7-18-47(46)48)52-35-30-44-25-24-43-17-10-36-61-57(43)58(44)62-52/h1-36H/i1D,2D,3D,4D,5D,6D,9D,10D,11D,12D,13D,14D,15D,16D,17D,20D,21D,22D,23D,24D,25D,26D,27D,28D,29D,30D,31D,32D,35D,36D. The number of benzene rings is 10. The first-order valence-electron chi connectivity index (χ1n) is 34.0. The van der Waals surface area contributed by atoms with Crippen LogP contribution in [0.3, 0.4) is 0 Å². The van der Waals surface area contributed by atoms with Crippen molar-refractivity contribution in [1.29, 1.82) is 0 Å². The van der Waals surface area contributed by atoms with Crippen LogP contribution in [0.1, 0.15) is 41.1 Å². The maximum absolute atomic E-state index is 10.0. The summed E-state index contributed by atoms with van der Waals surface area (Å²) < 4.78 is 275. The number of fused-ring (bicyclic) bond motifs is 4. The summed E-state index contributed by atoms with van der Waals surface area (Å²) in [5, 5.41) is -2.69. The van der Waals surface area contributed by atoms with Crippen molar-refractivity contribution in [3.05, 3.63) is 218 Å². The third kappa shape index (κ3) is 5.71. The second kappa shape index (κ2) is 14.3. The molecule has 0 saturated heterocycles. The molecule has 0 amide bonds. The number of hydrogen-bond donors (Lipinski definition) is 0. The van der Waals surface area contributed by atoms with Crippen LogP contribution in [0.4, 0.5) is 0 Å². The fourth-order valence-electron chi connectivity index (χ4n) is 7.97. The summed E-state index contributed by atoms with van der Waals surface area (Å²) in [6.07, 6.45) is -0.650. The van der Waals surface area contributed by atoms with Crippen LogP contribution in [0.15, 0.2) is 218 Å². The van der Waals surface area contributed by atoms with E-state index in [1.807, 2.05) is 0 Å². The number of nitrogens with zero attached hydrogens (tertiary/aromatic N) is 2. The highest BCUT2D eigenvalue weighted by Gasteiger charge is 2.25. The van der Waals surface area contributed by atoms with E-state index in [9.17, 15) is 19.2 Å². The van der Waals surface area contributed by atoms with Crippen LogP contribution in [0.2, 0.25) is 0 Å². The average molecular weight is 847 g/mol. The fraction of sp³-hybridized carbons (Fsp3) is 0. The molecule has 292 valence electrons. The van der Waals surface area contributed by atoms with Gasteiger partial charge in [-0.05, 0) is 83.0 Å². The Labute approximate surface area is 410 Å². The van der Waals surface area contributed by atoms with Gasteiger partial charge in [0.2, 0.25) is 0 Å². The van der Waals surface area contributed by atoms with Gasteiger partial charge in [-0.3, -0.25) is 4.98 Å². The first-order valence-corrected chi connectivity index (χ1v) is 19.9. The molecule has 3 heterocycles. The van der Waals surface area contributed by atoms with E-state index in [1.54, 1.807) is 24.3 Å². The highest BCUT2D eigenvalue weighted by molar-refractivity contribution is 7.20. The second-order valence-electron chi connectivity index (χ2n) is 14.1. The molecule has 0 N–H and O–H groups in total. The van der Waals surface area contributed by atoms with Crippen LogP contribution in [0, 0.1) is 0 Å². The molecule has 0 aliphatic rings. The molecule has 10 aromatic carbocycles. The molecule has 0 fully saturated rings. The Morgan fingerprint density at radius 2 is 0.937 bits per heavy atom. The van der Waals surface area contributed by atoms with Gasteiger partial charge in [0.15, 0.2) is 0 Å². The smallest absolute Gasteiger partial charge is 0.0972 e. The lowest BCUT2D eigenvalue weighted by molar-refractivity contribution is 1.37. The van der Waals surface area contributed by atoms with E-state index in [0.717, 1.165) is 0 Å². The summed E-state index contributed by atoms with van der Waals surface area (Å²) in [6.45, 7) is 0. The highest BCUT2D eigenvalue weighted by Crippen LogP contribution is 2.54. The van der Waals surface area contributed by atoms with Crippen molar-refractivity contribution in [3.8, 4) is 65.5 Å². The van der Waals surface area contributed by atoms with Gasteiger partial charge in [-0.15, -0.1) is 11.3 Å². The predicted molar refractivity (Wildman–Crippen MR) is 269 cm³/mol. The highest BCUT2D eigenvalue weighted by atomic mass is 32.1. The van der Waals surface area contributed by atoms with E-state index in [4.69, 9.17) is 26.9 Å². The third-order valence-corrected chi connectivity index (χ3v) is 11.9. The molecule has 0 aliphatic carbocycles. The molecule has 0 bridgehead atoms. The van der Waals surface area contributed by atoms with Gasteiger partial charge in [-0.2, -0.15) is 0 Å². The molecule has 3 aromatic heterocycles. The summed E-state index contributed by atoms with van der Waals surface area (Å²) in [7, 11) is 0. The molecular formula is C60H36N2S. The Bertz CT molecular complexity index is 5590. The minimum absolute atomic E-state index is 0.0207. The number of thiophene rings is 1. The van der Waals surface area contributed by atoms with Crippen molar-refractivity contribution in [3.63, 3.8) is 0 Å². The van der Waals surface area contributed by atoms with Crippen LogP contribution in [-0.4, -0.2) is 9.97 Å². The molecule has 0 radical (unpaired) electrons. The molecule has 63 heavy (non-hydrogen) atoms. The van der Waals surface area contributed by atoms with E-state index in [1.165, 1.54) is 12.1 Å². The third-order valence-electron chi connectivity index (χ3n) is 10.7. The summed E-state index contributed by atoms with van der Waals surface area (Å²) in [5.74, 6) is 0. The molecule has 13 rings (SSSR count). The zero-order chi connectivity index (χ0) is 67.5. The van der Waals surface area contributed by atoms with Crippen molar-refractivity contribution >= 4 is 76.2 Å². The summed E-state index contributed by atoms with van der Waals surface area (Å²) in [6, 6.07) is -14.8. The van der Waals surface area contributed by atoms with Gasteiger partial charge in [-0.25, -0.2) is 4.98 Å². The molecule has 0 unspecified atom stereocenters. The fourth-order valence-corrected chi connectivity index (χ4v) is 9.25. The number of rotatable bonds is 6. The van der Waals surface area contributed by atoms with E-state index in [0.29, 0.717) is 11.3 Å². The molecular weight excluding hydrogens is 781 g/mol. The lowest BCUT2D eigenvalue weighted by atomic mass is 9.88. The van der Waals surface area contributed by atoms with Crippen molar-refractivity contribution in [2.75, 3.05) is 0 Å². The molecule has 0 spiro atoms. The Kier molecular flexibility index (Phi) is 3.87. The number of aromatic nitrogens is 2. The average Bonchev–Trinajstić information content (AvgIpc) is 1.54. The van der Waals surface area contributed by atoms with E-state index in [-0.39, 0.29) is 65.7 Å². The summed E-state index contributed by atoms with van der Waals surface area (Å²) in [4.78, 5) is 7.74. The molecule has 0 aliphatic heterocycles. The van der Waals surface area contributed by atoms with Crippen molar-refractivity contribution in [1.82, 2.24) is 9.97 Å². The van der Waals surface area contributed by atoms with Crippen molar-refractivity contribution < 1.29 is 41.1 Å². The quantitative estimate of drug-likeness (QED) is 0.156. The summed E-state index contributed by atoms with van der Waals surface area (Å²) in [5.41, 5.74) is -5.15. The van der Waals surface area contributed by atoms with Crippen molar-refractivity contribution in [2.45, 2.75) is 0 Å². The van der Waals surface area contributed by atoms with Crippen molar-refractivity contribution in [2.24, 2.45) is 0 Å². The second-order valence-corrected chi connectivity index (χ2v) is 15.1. The van der Waals surface area contributed by atoms with Crippen LogP contribution >= 0.6 is 11.3 Å². The molecule has 0 saturated carbocycles. The molecule has 3 heteroatoms. The largest absolute Gasteiger partial charge is 0.254 e. The summed E-state index contributed by atoms with van der Waals surface area (Å²) >= 11 is 0.378. The normalized spacial score (nSPS) is 18.5. The molecule has 13 aromatic rings. The molecule has 0 atom stereocenters. The maximum atomic E-state index is 10.0. The first kappa shape index (κ1) is 17.1. The number of pyridine rings is 2. The Hall–Kier alpha value is -7.98. The van der Waals surface area contributed by atoms with Gasteiger partial charge < -0.3 is 0 Å². The Morgan fingerprint density at radius 1 is 0.365 bits per heavy atom. The number of hydrogen-bond acceptors (Lipinski definition) is 3. The van der Waals surface area contributed by atoms with E-state index < -0.39 is 246 Å². The lowest BCUT2D eigenvalue weighted by Gasteiger charge is -2.15. The maximum Gasteiger partial charge on any atom is 0.0972 e. The van der Waals surface area contributed by atoms with Gasteiger partial charge in [0.05, 0.1) is 57.9 Å². The van der Waals surface area contributed by atoms with Crippen LogP contribution < -0.4 is 0 Å². The Balaban J connectivity index is 1.17. The van der Waals surface area contributed by atoms with E-state index in [2.05, 4.69) is 4.98 Å². The van der Waals surface area contributed by atoms with Crippen LogP contribution in [-0.2, 0) is 0 Å². The zero-order valence-corrected chi connectivity index (χ0v) is 32.6. The van der Waals surface area contributed by atoms with Crippen LogP contribution in [0.25, 0.3) is 130 Å². The van der Waals surface area contributed by atoms with Gasteiger partial charge in [0, 0.05) is 49.0 Å². The topological polar surface area (TPSA) is 25.8 Å².